The first-order valence-corrected chi connectivity index (χ1v) is 8.13. The highest BCUT2D eigenvalue weighted by molar-refractivity contribution is 6.09. The number of ketones is 1. The van der Waals surface area contributed by atoms with Crippen LogP contribution in [0.3, 0.4) is 0 Å². The van der Waals surface area contributed by atoms with Crippen LogP contribution in [0.4, 0.5) is 0 Å². The van der Waals surface area contributed by atoms with Gasteiger partial charge < -0.3 is 10.1 Å². The number of nitrogens with zero attached hydrogens (tertiary/aromatic N) is 1. The summed E-state index contributed by atoms with van der Waals surface area (Å²) < 4.78 is 5.44. The van der Waals surface area contributed by atoms with Crippen LogP contribution < -0.4 is 5.32 Å². The average molecular weight is 318 g/mol. The van der Waals surface area contributed by atoms with Crippen molar-refractivity contribution in [3.8, 4) is 11.3 Å². The van der Waals surface area contributed by atoms with E-state index >= 15 is 0 Å². The van der Waals surface area contributed by atoms with Crippen molar-refractivity contribution >= 4 is 16.6 Å². The van der Waals surface area contributed by atoms with Crippen LogP contribution in [0.15, 0.2) is 60.7 Å². The number of Topliss-reactive ketones (excluding diaryl/α,β-unsaturated/α-hetero) is 1. The Bertz CT molecular complexity index is 871. The fourth-order valence-corrected chi connectivity index (χ4v) is 3.04. The molecule has 0 saturated carbocycles. The van der Waals surface area contributed by atoms with Gasteiger partial charge in [0.2, 0.25) is 5.78 Å². The molecule has 0 amide bonds. The van der Waals surface area contributed by atoms with Crippen molar-refractivity contribution in [1.82, 2.24) is 10.3 Å². The van der Waals surface area contributed by atoms with E-state index < -0.39 is 0 Å². The Labute approximate surface area is 140 Å². The van der Waals surface area contributed by atoms with Crippen LogP contribution in [0.25, 0.3) is 22.0 Å². The van der Waals surface area contributed by atoms with E-state index in [2.05, 4.69) is 5.32 Å². The number of hydrogen-bond acceptors (Lipinski definition) is 4. The predicted molar refractivity (Wildman–Crippen MR) is 94.1 cm³/mol. The lowest BCUT2D eigenvalue weighted by atomic mass is 10.00. The molecule has 1 aliphatic rings. The number of carbonyl (C=O) groups excluding carboxylic acids is 1. The van der Waals surface area contributed by atoms with Crippen molar-refractivity contribution in [3.05, 3.63) is 66.4 Å². The Morgan fingerprint density at radius 3 is 2.67 bits per heavy atom. The van der Waals surface area contributed by atoms with Gasteiger partial charge in [0.15, 0.2) is 0 Å². The third kappa shape index (κ3) is 2.82. The average Bonchev–Trinajstić information content (AvgIpc) is 2.68. The molecule has 4 nitrogen and oxygen atoms in total. The number of pyridine rings is 1. The maximum absolute atomic E-state index is 13.0. The maximum Gasteiger partial charge on any atom is 0.201 e. The number of hydrogen-bond donors (Lipinski definition) is 1. The molecule has 3 aromatic rings. The van der Waals surface area contributed by atoms with Crippen LogP contribution in [0.2, 0.25) is 0 Å². The number of fused-ring (bicyclic) bond motifs is 1. The van der Waals surface area contributed by atoms with E-state index in [4.69, 9.17) is 9.72 Å². The molecule has 0 aliphatic carbocycles. The van der Waals surface area contributed by atoms with Gasteiger partial charge in [-0.05, 0) is 11.5 Å². The van der Waals surface area contributed by atoms with E-state index in [9.17, 15) is 4.79 Å². The van der Waals surface area contributed by atoms with Gasteiger partial charge in [0.25, 0.3) is 0 Å². The SMILES string of the molecule is O=C(c1nc(-c2ccccc2)cc2ccccc12)C1COCCN1. The summed E-state index contributed by atoms with van der Waals surface area (Å²) in [5.41, 5.74) is 2.33. The molecular weight excluding hydrogens is 300 g/mol. The van der Waals surface area contributed by atoms with Crippen molar-refractivity contribution in [2.45, 2.75) is 6.04 Å². The van der Waals surface area contributed by atoms with Gasteiger partial charge >= 0.3 is 0 Å². The number of aromatic nitrogens is 1. The lowest BCUT2D eigenvalue weighted by Gasteiger charge is -2.23. The van der Waals surface area contributed by atoms with E-state index in [1.54, 1.807) is 0 Å². The lowest BCUT2D eigenvalue weighted by Crippen LogP contribution is -2.46. The quantitative estimate of drug-likeness (QED) is 0.754. The summed E-state index contributed by atoms with van der Waals surface area (Å²) in [6.07, 6.45) is 0. The van der Waals surface area contributed by atoms with Gasteiger partial charge in [-0.15, -0.1) is 0 Å². The van der Waals surface area contributed by atoms with Gasteiger partial charge in [0.05, 0.1) is 24.9 Å². The standard InChI is InChI=1S/C20H18N2O2/c23-20(18-13-24-11-10-21-18)19-16-9-5-4-8-15(16)12-17(22-19)14-6-2-1-3-7-14/h1-9,12,18,21H,10-11,13H2. The van der Waals surface area contributed by atoms with Crippen LogP contribution in [0.5, 0.6) is 0 Å². The monoisotopic (exact) mass is 318 g/mol. The second-order valence-corrected chi connectivity index (χ2v) is 5.89. The number of ether oxygens (including phenoxy) is 1. The third-order valence-electron chi connectivity index (χ3n) is 4.28. The zero-order chi connectivity index (χ0) is 16.4. The zero-order valence-electron chi connectivity index (χ0n) is 13.2. The summed E-state index contributed by atoms with van der Waals surface area (Å²) in [6, 6.07) is 19.5. The van der Waals surface area contributed by atoms with Crippen LogP contribution in [0.1, 0.15) is 10.5 Å². The van der Waals surface area contributed by atoms with Crippen LogP contribution in [-0.4, -0.2) is 36.6 Å². The summed E-state index contributed by atoms with van der Waals surface area (Å²) in [7, 11) is 0. The molecule has 4 rings (SSSR count). The molecule has 1 N–H and O–H groups in total. The summed E-state index contributed by atoms with van der Waals surface area (Å²) in [5.74, 6) is -0.0105. The fraction of sp³-hybridized carbons (Fsp3) is 0.200. The molecule has 1 unspecified atom stereocenters. The molecule has 4 heteroatoms. The molecule has 2 heterocycles. The second kappa shape index (κ2) is 6.51. The Hall–Kier alpha value is -2.56. The first-order chi connectivity index (χ1) is 11.8. The van der Waals surface area contributed by atoms with Gasteiger partial charge in [0, 0.05) is 17.5 Å². The van der Waals surface area contributed by atoms with Crippen molar-refractivity contribution in [1.29, 1.82) is 0 Å². The summed E-state index contributed by atoms with van der Waals surface area (Å²) in [5, 5.41) is 5.13. The van der Waals surface area contributed by atoms with Crippen molar-refractivity contribution in [3.63, 3.8) is 0 Å². The first-order valence-electron chi connectivity index (χ1n) is 8.13. The molecule has 0 radical (unpaired) electrons. The van der Waals surface area contributed by atoms with E-state index in [0.29, 0.717) is 25.5 Å². The summed E-state index contributed by atoms with van der Waals surface area (Å²) in [4.78, 5) is 17.7. The minimum atomic E-state index is -0.333. The van der Waals surface area contributed by atoms with E-state index in [1.807, 2.05) is 60.7 Å². The number of rotatable bonds is 3. The molecule has 0 spiro atoms. The van der Waals surface area contributed by atoms with E-state index in [0.717, 1.165) is 22.0 Å². The highest BCUT2D eigenvalue weighted by atomic mass is 16.5. The molecule has 2 aromatic carbocycles. The molecule has 1 fully saturated rings. The number of carbonyl (C=O) groups is 1. The second-order valence-electron chi connectivity index (χ2n) is 5.89. The molecule has 1 aromatic heterocycles. The van der Waals surface area contributed by atoms with Crippen LogP contribution in [-0.2, 0) is 4.74 Å². The van der Waals surface area contributed by atoms with Crippen molar-refractivity contribution in [2.24, 2.45) is 0 Å². The van der Waals surface area contributed by atoms with Crippen molar-refractivity contribution in [2.75, 3.05) is 19.8 Å². The minimum Gasteiger partial charge on any atom is -0.378 e. The molecule has 24 heavy (non-hydrogen) atoms. The Morgan fingerprint density at radius 1 is 1.08 bits per heavy atom. The number of benzene rings is 2. The van der Waals surface area contributed by atoms with Gasteiger partial charge in [-0.25, -0.2) is 4.98 Å². The van der Waals surface area contributed by atoms with Gasteiger partial charge in [-0.2, -0.15) is 0 Å². The number of nitrogens with one attached hydrogen (secondary N) is 1. The minimum absolute atomic E-state index is 0.0105. The molecule has 1 aliphatic heterocycles. The molecule has 120 valence electrons. The largest absolute Gasteiger partial charge is 0.378 e. The van der Waals surface area contributed by atoms with Crippen LogP contribution >= 0.6 is 0 Å². The van der Waals surface area contributed by atoms with Crippen LogP contribution in [0, 0.1) is 0 Å². The van der Waals surface area contributed by atoms with Gasteiger partial charge in [-0.1, -0.05) is 54.6 Å². The third-order valence-corrected chi connectivity index (χ3v) is 4.28. The zero-order valence-corrected chi connectivity index (χ0v) is 13.2. The predicted octanol–water partition coefficient (Wildman–Crippen LogP) is 3.07. The normalized spacial score (nSPS) is 17.8. The summed E-state index contributed by atoms with van der Waals surface area (Å²) >= 11 is 0. The lowest BCUT2D eigenvalue weighted by molar-refractivity contribution is 0.0605. The molecule has 1 saturated heterocycles. The van der Waals surface area contributed by atoms with Gasteiger partial charge in [0.1, 0.15) is 5.69 Å². The smallest absolute Gasteiger partial charge is 0.201 e. The highest BCUT2D eigenvalue weighted by Crippen LogP contribution is 2.25. The molecule has 0 bridgehead atoms. The van der Waals surface area contributed by atoms with E-state index in [1.165, 1.54) is 0 Å². The van der Waals surface area contributed by atoms with Crippen molar-refractivity contribution < 1.29 is 9.53 Å². The highest BCUT2D eigenvalue weighted by Gasteiger charge is 2.25. The molecule has 1 atom stereocenters. The maximum atomic E-state index is 13.0. The Morgan fingerprint density at radius 2 is 1.88 bits per heavy atom. The Balaban J connectivity index is 1.85. The topological polar surface area (TPSA) is 51.2 Å². The van der Waals surface area contributed by atoms with Gasteiger partial charge in [-0.3, -0.25) is 4.79 Å². The van der Waals surface area contributed by atoms with E-state index in [-0.39, 0.29) is 11.8 Å². The number of morpholine rings is 1. The summed E-state index contributed by atoms with van der Waals surface area (Å²) in [6.45, 7) is 1.72. The Kier molecular flexibility index (Phi) is 4.07. The fourth-order valence-electron chi connectivity index (χ4n) is 3.04. The first kappa shape index (κ1) is 15.0. The molecular formula is C20H18N2O2.